The van der Waals surface area contributed by atoms with Gasteiger partial charge >= 0.3 is 0 Å². The fraction of sp³-hybridized carbons (Fsp3) is 0.462. The monoisotopic (exact) mass is 224 g/mol. The number of ketones is 1. The van der Waals surface area contributed by atoms with Crippen molar-refractivity contribution in [2.45, 2.75) is 33.1 Å². The first-order chi connectivity index (χ1) is 7.13. The second-order valence-corrected chi connectivity index (χ2v) is 4.40. The highest BCUT2D eigenvalue weighted by atomic mass is 35.5. The number of hydrogen-bond acceptors (Lipinski definition) is 1. The van der Waals surface area contributed by atoms with Crippen molar-refractivity contribution in [3.8, 4) is 0 Å². The van der Waals surface area contributed by atoms with Gasteiger partial charge in [0, 0.05) is 17.4 Å². The van der Waals surface area contributed by atoms with E-state index in [-0.39, 0.29) is 5.92 Å². The number of hydrogen-bond donors (Lipinski definition) is 0. The molecule has 0 fully saturated rings. The third-order valence-corrected chi connectivity index (χ3v) is 2.81. The minimum atomic E-state index is 0.172. The van der Waals surface area contributed by atoms with Crippen molar-refractivity contribution >= 4 is 17.4 Å². The second-order valence-electron chi connectivity index (χ2n) is 3.96. The van der Waals surface area contributed by atoms with Gasteiger partial charge in [-0.2, -0.15) is 0 Å². The first-order valence-corrected chi connectivity index (χ1v) is 5.78. The van der Waals surface area contributed by atoms with E-state index < -0.39 is 0 Å². The molecule has 0 spiro atoms. The summed E-state index contributed by atoms with van der Waals surface area (Å²) in [6.45, 7) is 4.10. The summed E-state index contributed by atoms with van der Waals surface area (Å²) in [4.78, 5) is 11.8. The van der Waals surface area contributed by atoms with E-state index in [0.29, 0.717) is 17.2 Å². The maximum atomic E-state index is 11.8. The van der Waals surface area contributed by atoms with Crippen molar-refractivity contribution in [2.24, 2.45) is 5.92 Å². The van der Waals surface area contributed by atoms with Crippen molar-refractivity contribution in [3.63, 3.8) is 0 Å². The molecule has 0 saturated carbocycles. The first-order valence-electron chi connectivity index (χ1n) is 5.40. The van der Waals surface area contributed by atoms with Gasteiger partial charge in [0.25, 0.3) is 0 Å². The smallest absolute Gasteiger partial charge is 0.140 e. The Morgan fingerprint density at radius 1 is 1.33 bits per heavy atom. The maximum Gasteiger partial charge on any atom is 0.140 e. The molecule has 0 heterocycles. The molecule has 1 rings (SSSR count). The lowest BCUT2D eigenvalue weighted by Crippen LogP contribution is -2.13. The van der Waals surface area contributed by atoms with Crippen LogP contribution in [0.4, 0.5) is 0 Å². The molecule has 1 aromatic carbocycles. The highest BCUT2D eigenvalue weighted by Crippen LogP contribution is 2.13. The summed E-state index contributed by atoms with van der Waals surface area (Å²) in [5.74, 6) is 0.491. The van der Waals surface area contributed by atoms with E-state index in [1.54, 1.807) is 0 Å². The zero-order valence-electron chi connectivity index (χ0n) is 9.29. The Balaban J connectivity index is 2.54. The summed E-state index contributed by atoms with van der Waals surface area (Å²) in [6, 6.07) is 7.49. The average molecular weight is 225 g/mol. The highest BCUT2D eigenvalue weighted by Gasteiger charge is 2.11. The molecule has 0 N–H and O–H groups in total. The fourth-order valence-corrected chi connectivity index (χ4v) is 1.70. The molecule has 2 heteroatoms. The SMILES string of the molecule is CCCC(C)C(=O)Cc1ccc(Cl)cc1. The summed E-state index contributed by atoms with van der Waals surface area (Å²) in [5.41, 5.74) is 1.05. The molecule has 0 aliphatic carbocycles. The van der Waals surface area contributed by atoms with Crippen LogP contribution in [0.15, 0.2) is 24.3 Å². The number of Topliss-reactive ketones (excluding diaryl/α,β-unsaturated/α-hetero) is 1. The minimum Gasteiger partial charge on any atom is -0.299 e. The first kappa shape index (κ1) is 12.3. The summed E-state index contributed by atoms with van der Waals surface area (Å²) in [5, 5.41) is 0.716. The van der Waals surface area contributed by atoms with E-state index in [0.717, 1.165) is 18.4 Å². The number of carbonyl (C=O) groups is 1. The van der Waals surface area contributed by atoms with Crippen LogP contribution in [0.25, 0.3) is 0 Å². The largest absolute Gasteiger partial charge is 0.299 e. The van der Waals surface area contributed by atoms with Crippen LogP contribution in [0, 0.1) is 5.92 Å². The molecule has 0 radical (unpaired) electrons. The van der Waals surface area contributed by atoms with Crippen LogP contribution in [-0.4, -0.2) is 5.78 Å². The molecule has 0 amide bonds. The average Bonchev–Trinajstić information content (AvgIpc) is 2.22. The summed E-state index contributed by atoms with van der Waals surface area (Å²) in [7, 11) is 0. The van der Waals surface area contributed by atoms with Gasteiger partial charge in [0.15, 0.2) is 0 Å². The van der Waals surface area contributed by atoms with Gasteiger partial charge in [-0.25, -0.2) is 0 Å². The molecule has 0 saturated heterocycles. The van der Waals surface area contributed by atoms with Gasteiger partial charge in [-0.1, -0.05) is 44.0 Å². The van der Waals surface area contributed by atoms with Crippen LogP contribution in [0.5, 0.6) is 0 Å². The van der Waals surface area contributed by atoms with E-state index in [4.69, 9.17) is 11.6 Å². The van der Waals surface area contributed by atoms with Gasteiger partial charge in [-0.3, -0.25) is 4.79 Å². The van der Waals surface area contributed by atoms with Crippen molar-refractivity contribution in [3.05, 3.63) is 34.9 Å². The summed E-state index contributed by atoms with van der Waals surface area (Å²) >= 11 is 5.78. The molecule has 1 unspecified atom stereocenters. The minimum absolute atomic E-state index is 0.172. The molecule has 82 valence electrons. The van der Waals surface area contributed by atoms with Crippen molar-refractivity contribution in [2.75, 3.05) is 0 Å². The van der Waals surface area contributed by atoms with Crippen LogP contribution < -0.4 is 0 Å². The predicted molar refractivity (Wildman–Crippen MR) is 64.2 cm³/mol. The Bertz CT molecular complexity index is 316. The van der Waals surface area contributed by atoms with Gasteiger partial charge in [-0.05, 0) is 24.1 Å². The van der Waals surface area contributed by atoms with Gasteiger partial charge in [0.2, 0.25) is 0 Å². The number of carbonyl (C=O) groups excluding carboxylic acids is 1. The Morgan fingerprint density at radius 2 is 1.93 bits per heavy atom. The molecule has 1 nitrogen and oxygen atoms in total. The van der Waals surface area contributed by atoms with Crippen LogP contribution in [0.1, 0.15) is 32.3 Å². The molecular formula is C13H17ClO. The Labute approximate surface area is 96.5 Å². The van der Waals surface area contributed by atoms with E-state index in [9.17, 15) is 4.79 Å². The molecule has 0 aromatic heterocycles. The lowest BCUT2D eigenvalue weighted by Gasteiger charge is -2.08. The third-order valence-electron chi connectivity index (χ3n) is 2.56. The number of benzene rings is 1. The van der Waals surface area contributed by atoms with Crippen LogP contribution >= 0.6 is 11.6 Å². The normalized spacial score (nSPS) is 12.5. The van der Waals surface area contributed by atoms with Gasteiger partial charge in [-0.15, -0.1) is 0 Å². The molecule has 1 atom stereocenters. The number of halogens is 1. The molecular weight excluding hydrogens is 208 g/mol. The molecule has 0 aliphatic rings. The summed E-state index contributed by atoms with van der Waals surface area (Å²) in [6.07, 6.45) is 2.57. The zero-order valence-corrected chi connectivity index (χ0v) is 10.1. The van der Waals surface area contributed by atoms with Crippen molar-refractivity contribution in [1.29, 1.82) is 0 Å². The van der Waals surface area contributed by atoms with Crippen LogP contribution in [-0.2, 0) is 11.2 Å². The van der Waals surface area contributed by atoms with E-state index >= 15 is 0 Å². The Hall–Kier alpha value is -0.820. The molecule has 0 bridgehead atoms. The summed E-state index contributed by atoms with van der Waals surface area (Å²) < 4.78 is 0. The fourth-order valence-electron chi connectivity index (χ4n) is 1.57. The van der Waals surface area contributed by atoms with Crippen molar-refractivity contribution in [1.82, 2.24) is 0 Å². The lowest BCUT2D eigenvalue weighted by molar-refractivity contribution is -0.121. The Morgan fingerprint density at radius 3 is 2.47 bits per heavy atom. The third kappa shape index (κ3) is 4.05. The van der Waals surface area contributed by atoms with Gasteiger partial charge < -0.3 is 0 Å². The maximum absolute atomic E-state index is 11.8. The van der Waals surface area contributed by atoms with Gasteiger partial charge in [0.05, 0.1) is 0 Å². The van der Waals surface area contributed by atoms with Crippen LogP contribution in [0.3, 0.4) is 0 Å². The molecule has 15 heavy (non-hydrogen) atoms. The van der Waals surface area contributed by atoms with E-state index in [2.05, 4.69) is 6.92 Å². The standard InChI is InChI=1S/C13H17ClO/c1-3-4-10(2)13(15)9-11-5-7-12(14)8-6-11/h5-8,10H,3-4,9H2,1-2H3. The van der Waals surface area contributed by atoms with Crippen LogP contribution in [0.2, 0.25) is 5.02 Å². The van der Waals surface area contributed by atoms with E-state index in [1.807, 2.05) is 31.2 Å². The molecule has 1 aromatic rings. The van der Waals surface area contributed by atoms with E-state index in [1.165, 1.54) is 0 Å². The topological polar surface area (TPSA) is 17.1 Å². The number of rotatable bonds is 5. The predicted octanol–water partition coefficient (Wildman–Crippen LogP) is 3.89. The van der Waals surface area contributed by atoms with Gasteiger partial charge in [0.1, 0.15) is 5.78 Å². The lowest BCUT2D eigenvalue weighted by atomic mass is 9.96. The highest BCUT2D eigenvalue weighted by molar-refractivity contribution is 6.30. The van der Waals surface area contributed by atoms with Crippen molar-refractivity contribution < 1.29 is 4.79 Å². The Kier molecular flexibility index (Phi) is 4.83. The molecule has 0 aliphatic heterocycles. The quantitative estimate of drug-likeness (QED) is 0.742. The second kappa shape index (κ2) is 5.92. The zero-order chi connectivity index (χ0) is 11.3.